The largest absolute Gasteiger partial charge is 0.311 e. The van der Waals surface area contributed by atoms with Crippen molar-refractivity contribution >= 4 is 95.3 Å². The van der Waals surface area contributed by atoms with Crippen molar-refractivity contribution in [2.45, 2.75) is 0 Å². The van der Waals surface area contributed by atoms with Gasteiger partial charge < -0.3 is 9.80 Å². The van der Waals surface area contributed by atoms with E-state index in [1.54, 1.807) is 0 Å². The van der Waals surface area contributed by atoms with Gasteiger partial charge in [-0.1, -0.05) is 200 Å². The Labute approximate surface area is 369 Å². The molecule has 3 heteroatoms. The number of hydrogen-bond acceptors (Lipinski definition) is 2. The second-order valence-electron chi connectivity index (χ2n) is 16.4. The van der Waals surface area contributed by atoms with Gasteiger partial charge in [-0.05, 0) is 113 Å². The first-order valence-electron chi connectivity index (χ1n) is 21.8. The van der Waals surface area contributed by atoms with Gasteiger partial charge in [0.25, 0.3) is 0 Å². The van der Waals surface area contributed by atoms with E-state index < -0.39 is 8.07 Å². The Morgan fingerprint density at radius 3 is 1.60 bits per heavy atom. The lowest BCUT2D eigenvalue weighted by atomic mass is 9.97. The molecule has 0 spiro atoms. The van der Waals surface area contributed by atoms with Crippen LogP contribution >= 0.6 is 0 Å². The number of benzene rings is 11. The van der Waals surface area contributed by atoms with Crippen molar-refractivity contribution < 1.29 is 0 Å². The summed E-state index contributed by atoms with van der Waals surface area (Å²) in [6.45, 7) is 0. The van der Waals surface area contributed by atoms with Gasteiger partial charge in [-0.2, -0.15) is 0 Å². The molecule has 1 heterocycles. The van der Waals surface area contributed by atoms with Crippen molar-refractivity contribution in [1.29, 1.82) is 0 Å². The molecule has 11 aromatic carbocycles. The molecule has 63 heavy (non-hydrogen) atoms. The lowest BCUT2D eigenvalue weighted by Crippen LogP contribution is -2.77. The fourth-order valence-electron chi connectivity index (χ4n) is 10.4. The zero-order valence-corrected chi connectivity index (χ0v) is 35.6. The second-order valence-corrected chi connectivity index (χ2v) is 20.2. The van der Waals surface area contributed by atoms with Gasteiger partial charge in [0.05, 0.1) is 5.69 Å². The summed E-state index contributed by atoms with van der Waals surface area (Å²) < 4.78 is 0. The molecule has 0 aliphatic carbocycles. The summed E-state index contributed by atoms with van der Waals surface area (Å²) in [5.41, 5.74) is 9.36. The molecule has 0 aromatic heterocycles. The van der Waals surface area contributed by atoms with E-state index in [0.29, 0.717) is 0 Å². The monoisotopic (exact) mass is 818 g/mol. The van der Waals surface area contributed by atoms with Crippen LogP contribution in [0.15, 0.2) is 255 Å². The van der Waals surface area contributed by atoms with Crippen LogP contribution in [0.1, 0.15) is 0 Å². The van der Waals surface area contributed by atoms with Gasteiger partial charge in [0, 0.05) is 33.8 Å². The second kappa shape index (κ2) is 15.2. The maximum atomic E-state index is 2.54. The molecule has 0 radical (unpaired) electrons. The van der Waals surface area contributed by atoms with E-state index in [1.807, 2.05) is 0 Å². The predicted octanol–water partition coefficient (Wildman–Crippen LogP) is 13.4. The van der Waals surface area contributed by atoms with Gasteiger partial charge in [0.1, 0.15) is 0 Å². The Morgan fingerprint density at radius 2 is 0.873 bits per heavy atom. The Kier molecular flexibility index (Phi) is 8.87. The molecule has 296 valence electrons. The molecular formula is C60H42N2Si. The Morgan fingerprint density at radius 1 is 0.333 bits per heavy atom. The highest BCUT2D eigenvalue weighted by atomic mass is 28.3. The van der Waals surface area contributed by atoms with Crippen LogP contribution in [-0.2, 0) is 0 Å². The van der Waals surface area contributed by atoms with Gasteiger partial charge >= 0.3 is 0 Å². The summed E-state index contributed by atoms with van der Waals surface area (Å²) in [6.07, 6.45) is 0. The maximum absolute atomic E-state index is 2.97. The number of nitrogens with zero attached hydrogens (tertiary/aromatic N) is 2. The molecule has 1 aliphatic rings. The lowest BCUT2D eigenvalue weighted by Gasteiger charge is -2.45. The molecule has 0 bridgehead atoms. The third kappa shape index (κ3) is 5.93. The predicted molar refractivity (Wildman–Crippen MR) is 271 cm³/mol. The molecule has 0 atom stereocenters. The molecule has 11 aromatic rings. The minimum Gasteiger partial charge on any atom is -0.311 e. The van der Waals surface area contributed by atoms with Crippen molar-refractivity contribution in [2.24, 2.45) is 0 Å². The Bertz CT molecular complexity index is 3410. The topological polar surface area (TPSA) is 6.48 Å². The fourth-order valence-corrected chi connectivity index (χ4v) is 15.5. The first-order chi connectivity index (χ1) is 31.3. The number of anilines is 6. The van der Waals surface area contributed by atoms with E-state index in [2.05, 4.69) is 265 Å². The lowest BCUT2D eigenvalue weighted by molar-refractivity contribution is 1.27. The SMILES string of the molecule is c1ccc(N2c3ccccc3[Si](c3ccccc3)(c3ccccc3)c3cc(N(c4ccc(-c5cccc6ccccc56)cc4)c4cc5ccccc5c5ccccc45)ccc32)cc1. The smallest absolute Gasteiger partial charge is 0.184 e. The number of fused-ring (bicyclic) bond motifs is 6. The van der Waals surface area contributed by atoms with Gasteiger partial charge in [-0.3, -0.25) is 0 Å². The van der Waals surface area contributed by atoms with Crippen LogP contribution in [0.2, 0.25) is 0 Å². The number of para-hydroxylation sites is 2. The maximum Gasteiger partial charge on any atom is 0.184 e. The Balaban J connectivity index is 1.16. The molecule has 2 nitrogen and oxygen atoms in total. The summed E-state index contributed by atoms with van der Waals surface area (Å²) in [5, 5.41) is 12.8. The zero-order valence-electron chi connectivity index (χ0n) is 34.6. The molecular weight excluding hydrogens is 777 g/mol. The van der Waals surface area contributed by atoms with Gasteiger partial charge in [-0.25, -0.2) is 0 Å². The van der Waals surface area contributed by atoms with Crippen LogP contribution < -0.4 is 30.5 Å². The first-order valence-corrected chi connectivity index (χ1v) is 23.8. The first kappa shape index (κ1) is 36.8. The van der Waals surface area contributed by atoms with Crippen LogP contribution in [0.5, 0.6) is 0 Å². The van der Waals surface area contributed by atoms with E-state index in [1.165, 1.54) is 75.6 Å². The summed E-state index contributed by atoms with van der Waals surface area (Å²) >= 11 is 0. The van der Waals surface area contributed by atoms with Crippen LogP contribution in [-0.4, -0.2) is 8.07 Å². The van der Waals surface area contributed by atoms with E-state index in [4.69, 9.17) is 0 Å². The van der Waals surface area contributed by atoms with Crippen LogP contribution in [0.25, 0.3) is 43.4 Å². The molecule has 0 saturated carbocycles. The highest BCUT2D eigenvalue weighted by molar-refractivity contribution is 7.21. The van der Waals surface area contributed by atoms with Crippen molar-refractivity contribution in [3.63, 3.8) is 0 Å². The third-order valence-corrected chi connectivity index (χ3v) is 17.9. The van der Waals surface area contributed by atoms with Crippen molar-refractivity contribution in [1.82, 2.24) is 0 Å². The molecule has 0 N–H and O–H groups in total. The quantitative estimate of drug-likeness (QED) is 0.117. The average molecular weight is 819 g/mol. The fraction of sp³-hybridized carbons (Fsp3) is 0. The van der Waals surface area contributed by atoms with E-state index >= 15 is 0 Å². The Hall–Kier alpha value is -7.98. The average Bonchev–Trinajstić information content (AvgIpc) is 3.36. The van der Waals surface area contributed by atoms with E-state index in [9.17, 15) is 0 Å². The normalized spacial score (nSPS) is 12.9. The van der Waals surface area contributed by atoms with Gasteiger partial charge in [0.2, 0.25) is 0 Å². The standard InChI is InChI=1S/C60H42N2Si/c1-4-22-46(23-5-1)62-56-33-16-17-34-59(56)63(49-24-6-2-7-25-49,50-26-8-3-9-27-50)60-42-48(39-40-57(60)62)61(58-41-45-20-11-13-29-53(45)54-30-14-15-31-55(54)58)47-37-35-44(36-38-47)52-32-18-21-43-19-10-12-28-51(43)52/h1-42H. The summed E-state index contributed by atoms with van der Waals surface area (Å²) in [5.74, 6) is 0. The zero-order chi connectivity index (χ0) is 41.7. The summed E-state index contributed by atoms with van der Waals surface area (Å²) in [6, 6.07) is 94.5. The molecule has 0 saturated heterocycles. The van der Waals surface area contributed by atoms with E-state index in [0.717, 1.165) is 22.7 Å². The van der Waals surface area contributed by atoms with Gasteiger partial charge in [-0.15, -0.1) is 0 Å². The number of rotatable bonds is 7. The third-order valence-electron chi connectivity index (χ3n) is 13.1. The van der Waals surface area contributed by atoms with Gasteiger partial charge in [0.15, 0.2) is 8.07 Å². The highest BCUT2D eigenvalue weighted by Gasteiger charge is 2.49. The summed E-state index contributed by atoms with van der Waals surface area (Å²) in [7, 11) is -2.97. The van der Waals surface area contributed by atoms with Crippen LogP contribution in [0.3, 0.4) is 0 Å². The molecule has 0 amide bonds. The van der Waals surface area contributed by atoms with Crippen molar-refractivity contribution in [3.05, 3.63) is 255 Å². The summed E-state index contributed by atoms with van der Waals surface area (Å²) in [4.78, 5) is 4.99. The minimum absolute atomic E-state index is 1.10. The highest BCUT2D eigenvalue weighted by Crippen LogP contribution is 2.45. The molecule has 0 fully saturated rings. The van der Waals surface area contributed by atoms with Crippen LogP contribution in [0, 0.1) is 0 Å². The molecule has 1 aliphatic heterocycles. The minimum atomic E-state index is -2.97. The van der Waals surface area contributed by atoms with Crippen LogP contribution in [0.4, 0.5) is 34.1 Å². The molecule has 12 rings (SSSR count). The molecule has 0 unspecified atom stereocenters. The van der Waals surface area contributed by atoms with Crippen molar-refractivity contribution in [3.8, 4) is 11.1 Å². The van der Waals surface area contributed by atoms with Crippen molar-refractivity contribution in [2.75, 3.05) is 9.80 Å². The number of hydrogen-bond donors (Lipinski definition) is 0. The van der Waals surface area contributed by atoms with E-state index in [-0.39, 0.29) is 0 Å².